The third-order valence-electron chi connectivity index (χ3n) is 2.40. The summed E-state index contributed by atoms with van der Waals surface area (Å²) in [6.07, 6.45) is -0.770. The van der Waals surface area contributed by atoms with Gasteiger partial charge in [0.05, 0.1) is 0 Å². The van der Waals surface area contributed by atoms with Gasteiger partial charge in [-0.15, -0.1) is 0 Å². The van der Waals surface area contributed by atoms with E-state index in [0.29, 0.717) is 25.6 Å². The van der Waals surface area contributed by atoms with Crippen LogP contribution in [-0.4, -0.2) is 32.8 Å². The van der Waals surface area contributed by atoms with Crippen LogP contribution in [-0.2, 0) is 35.3 Å². The fourth-order valence-corrected chi connectivity index (χ4v) is 1.34. The third kappa shape index (κ3) is 5.72. The van der Waals surface area contributed by atoms with Gasteiger partial charge in [0.15, 0.2) is 6.79 Å². The molecular formula is C13H15O5W-. The SMILES string of the molecule is Cc1ccc(OC(=O)OCOC[C-]2COC2)cc1.[W]. The van der Waals surface area contributed by atoms with Crippen LogP contribution in [0.2, 0.25) is 0 Å². The van der Waals surface area contributed by atoms with Crippen LogP contribution in [0.25, 0.3) is 0 Å². The zero-order valence-corrected chi connectivity index (χ0v) is 13.5. The summed E-state index contributed by atoms with van der Waals surface area (Å²) in [7, 11) is 0. The van der Waals surface area contributed by atoms with Gasteiger partial charge in [0.25, 0.3) is 0 Å². The average molecular weight is 435 g/mol. The van der Waals surface area contributed by atoms with E-state index < -0.39 is 6.16 Å². The summed E-state index contributed by atoms with van der Waals surface area (Å²) in [5, 5.41) is 0. The van der Waals surface area contributed by atoms with Gasteiger partial charge >= 0.3 is 6.16 Å². The molecule has 6 heteroatoms. The van der Waals surface area contributed by atoms with E-state index in [-0.39, 0.29) is 27.9 Å². The van der Waals surface area contributed by atoms with Gasteiger partial charge < -0.3 is 18.9 Å². The minimum atomic E-state index is -0.770. The molecule has 5 nitrogen and oxygen atoms in total. The van der Waals surface area contributed by atoms with Crippen LogP contribution < -0.4 is 4.74 Å². The second kappa shape index (κ2) is 8.31. The van der Waals surface area contributed by atoms with Gasteiger partial charge in [-0.1, -0.05) is 37.5 Å². The summed E-state index contributed by atoms with van der Waals surface area (Å²) >= 11 is 0. The fraction of sp³-hybridized carbons (Fsp3) is 0.385. The Bertz CT molecular complexity index is 389. The molecule has 2 rings (SSSR count). The molecule has 1 aliphatic rings. The Morgan fingerprint density at radius 2 is 2.00 bits per heavy atom. The molecule has 0 aromatic heterocycles. The van der Waals surface area contributed by atoms with E-state index in [9.17, 15) is 4.79 Å². The molecule has 0 unspecified atom stereocenters. The standard InChI is InChI=1S/C13H15O5.W/c1-10-2-4-12(5-3-10)18-13(14)17-9-16-8-11-6-15-7-11;/h2-5H,6-9H2,1H3;/q-1;. The van der Waals surface area contributed by atoms with Crippen LogP contribution in [0.15, 0.2) is 24.3 Å². The van der Waals surface area contributed by atoms with Crippen LogP contribution in [0.1, 0.15) is 5.56 Å². The molecule has 0 aliphatic carbocycles. The summed E-state index contributed by atoms with van der Waals surface area (Å²) in [5.41, 5.74) is 1.10. The molecule has 0 amide bonds. The van der Waals surface area contributed by atoms with Gasteiger partial charge in [-0.3, -0.25) is 0 Å². The topological polar surface area (TPSA) is 54.0 Å². The minimum Gasteiger partial charge on any atom is -0.444 e. The van der Waals surface area contributed by atoms with Crippen molar-refractivity contribution in [2.45, 2.75) is 6.92 Å². The maximum atomic E-state index is 11.3. The smallest absolute Gasteiger partial charge is 0.444 e. The largest absolute Gasteiger partial charge is 0.515 e. The zero-order chi connectivity index (χ0) is 12.8. The number of carbonyl (C=O) groups is 1. The average Bonchev–Trinajstić information content (AvgIpc) is 2.29. The molecule has 1 saturated heterocycles. The maximum Gasteiger partial charge on any atom is 0.515 e. The molecule has 0 radical (unpaired) electrons. The van der Waals surface area contributed by atoms with E-state index in [1.54, 1.807) is 12.1 Å². The van der Waals surface area contributed by atoms with Gasteiger partial charge in [0.1, 0.15) is 5.75 Å². The van der Waals surface area contributed by atoms with Gasteiger partial charge in [0.2, 0.25) is 0 Å². The van der Waals surface area contributed by atoms with Crippen LogP contribution in [0.3, 0.4) is 0 Å². The van der Waals surface area contributed by atoms with Crippen LogP contribution in [0.5, 0.6) is 5.75 Å². The summed E-state index contributed by atoms with van der Waals surface area (Å²) in [6, 6.07) is 7.12. The summed E-state index contributed by atoms with van der Waals surface area (Å²) in [4.78, 5) is 11.3. The molecule has 0 N–H and O–H groups in total. The van der Waals surface area contributed by atoms with Gasteiger partial charge in [-0.2, -0.15) is 0 Å². The van der Waals surface area contributed by atoms with Crippen LogP contribution in [0, 0.1) is 12.8 Å². The predicted octanol–water partition coefficient (Wildman–Crippen LogP) is 2.09. The van der Waals surface area contributed by atoms with E-state index in [0.717, 1.165) is 11.5 Å². The molecule has 1 aromatic carbocycles. The van der Waals surface area contributed by atoms with Crippen molar-refractivity contribution < 1.29 is 44.8 Å². The Hall–Kier alpha value is -0.902. The first kappa shape index (κ1) is 16.2. The van der Waals surface area contributed by atoms with Crippen molar-refractivity contribution >= 4 is 6.16 Å². The third-order valence-corrected chi connectivity index (χ3v) is 2.40. The van der Waals surface area contributed by atoms with E-state index in [1.807, 2.05) is 19.1 Å². The quantitative estimate of drug-likeness (QED) is 0.233. The molecule has 0 spiro atoms. The van der Waals surface area contributed by atoms with Crippen molar-refractivity contribution in [2.24, 2.45) is 0 Å². The monoisotopic (exact) mass is 435 g/mol. The number of hydrogen-bond donors (Lipinski definition) is 0. The van der Waals surface area contributed by atoms with E-state index in [2.05, 4.69) is 0 Å². The molecule has 0 saturated carbocycles. The van der Waals surface area contributed by atoms with Gasteiger partial charge in [-0.25, -0.2) is 10.7 Å². The second-order valence-electron chi connectivity index (χ2n) is 4.02. The molecule has 0 atom stereocenters. The number of ether oxygens (including phenoxy) is 4. The van der Waals surface area contributed by atoms with E-state index in [4.69, 9.17) is 18.9 Å². The Labute approximate surface area is 126 Å². The second-order valence-corrected chi connectivity index (χ2v) is 4.02. The van der Waals surface area contributed by atoms with Crippen LogP contribution >= 0.6 is 0 Å². The molecule has 0 bridgehead atoms. The van der Waals surface area contributed by atoms with Crippen molar-refractivity contribution in [3.63, 3.8) is 0 Å². The van der Waals surface area contributed by atoms with E-state index in [1.165, 1.54) is 0 Å². The molecule has 1 aromatic rings. The summed E-state index contributed by atoms with van der Waals surface area (Å²) < 4.78 is 19.8. The van der Waals surface area contributed by atoms with Crippen molar-refractivity contribution in [1.82, 2.24) is 0 Å². The Balaban J connectivity index is 0.00000180. The van der Waals surface area contributed by atoms with Crippen molar-refractivity contribution in [3.8, 4) is 5.75 Å². The normalized spacial score (nSPS) is 14.2. The molecule has 19 heavy (non-hydrogen) atoms. The first-order chi connectivity index (χ1) is 8.74. The van der Waals surface area contributed by atoms with Gasteiger partial charge in [-0.05, 0) is 19.1 Å². The minimum absolute atomic E-state index is 0. The fourth-order valence-electron chi connectivity index (χ4n) is 1.34. The summed E-state index contributed by atoms with van der Waals surface area (Å²) in [5.74, 6) is 1.61. The van der Waals surface area contributed by atoms with Crippen molar-refractivity contribution in [1.29, 1.82) is 0 Å². The van der Waals surface area contributed by atoms with Crippen molar-refractivity contribution in [3.05, 3.63) is 35.7 Å². The molecule has 1 fully saturated rings. The molecule has 1 aliphatic heterocycles. The number of carbonyl (C=O) groups excluding carboxylic acids is 1. The number of rotatable bonds is 5. The number of aryl methyl sites for hydroxylation is 1. The zero-order valence-electron chi connectivity index (χ0n) is 10.6. The number of benzene rings is 1. The Kier molecular flexibility index (Phi) is 7.06. The molecule has 104 valence electrons. The Morgan fingerprint density at radius 3 is 2.58 bits per heavy atom. The predicted molar refractivity (Wildman–Crippen MR) is 63.2 cm³/mol. The maximum absolute atomic E-state index is 11.3. The van der Waals surface area contributed by atoms with E-state index >= 15 is 0 Å². The Morgan fingerprint density at radius 1 is 1.32 bits per heavy atom. The summed E-state index contributed by atoms with van der Waals surface area (Å²) in [6.45, 7) is 3.56. The first-order valence-corrected chi connectivity index (χ1v) is 5.64. The van der Waals surface area contributed by atoms with Crippen LogP contribution in [0.4, 0.5) is 4.79 Å². The number of hydrogen-bond acceptors (Lipinski definition) is 5. The molecular weight excluding hydrogens is 420 g/mol. The first-order valence-electron chi connectivity index (χ1n) is 5.64. The van der Waals surface area contributed by atoms with Crippen molar-refractivity contribution in [2.75, 3.05) is 26.6 Å². The van der Waals surface area contributed by atoms with Gasteiger partial charge in [0, 0.05) is 21.1 Å². The molecule has 1 heterocycles.